The molecule has 10 heavy (non-hydrogen) atoms. The van der Waals surface area contributed by atoms with E-state index < -0.39 is 0 Å². The van der Waals surface area contributed by atoms with Gasteiger partial charge in [-0.2, -0.15) is 0 Å². The molecule has 1 heterocycles. The average molecular weight is 152 g/mol. The normalized spacial score (nSPS) is 28.6. The minimum Gasteiger partial charge on any atom is -0.371 e. The largest absolute Gasteiger partial charge is 0.371 e. The molecule has 3 heteroatoms. The summed E-state index contributed by atoms with van der Waals surface area (Å²) in [5, 5.41) is 10.4. The molecule has 2 N–H and O–H groups in total. The highest BCUT2D eigenvalue weighted by Crippen LogP contribution is 2.35. The van der Waals surface area contributed by atoms with Gasteiger partial charge in [-0.1, -0.05) is 23.9 Å². The lowest BCUT2D eigenvalue weighted by Crippen LogP contribution is -2.20. The Balaban J connectivity index is 2.15. The first-order valence-electron chi connectivity index (χ1n) is 3.23. The molecule has 0 radical (unpaired) electrons. The minimum absolute atomic E-state index is 0.190. The molecule has 0 saturated heterocycles. The molecular formula is C7H8N2S. The molecule has 1 atom stereocenters. The highest BCUT2D eigenvalue weighted by Gasteiger charge is 2.22. The van der Waals surface area contributed by atoms with Crippen LogP contribution in [0.2, 0.25) is 0 Å². The van der Waals surface area contributed by atoms with Crippen LogP contribution < -0.4 is 5.32 Å². The van der Waals surface area contributed by atoms with E-state index in [1.165, 1.54) is 16.8 Å². The summed E-state index contributed by atoms with van der Waals surface area (Å²) in [4.78, 5) is 1.31. The first-order chi connectivity index (χ1) is 4.90. The first-order valence-corrected chi connectivity index (χ1v) is 4.11. The fourth-order valence-electron chi connectivity index (χ4n) is 1.14. The van der Waals surface area contributed by atoms with Gasteiger partial charge in [-0.05, 0) is 0 Å². The molecule has 2 aliphatic rings. The maximum atomic E-state index is 7.02. The Kier molecular flexibility index (Phi) is 1.31. The Morgan fingerprint density at radius 1 is 1.80 bits per heavy atom. The molecule has 0 spiro atoms. The lowest BCUT2D eigenvalue weighted by Gasteiger charge is -2.04. The van der Waals surface area contributed by atoms with Crippen molar-refractivity contribution in [3.63, 3.8) is 0 Å². The zero-order valence-electron chi connectivity index (χ0n) is 5.42. The Morgan fingerprint density at radius 3 is 3.40 bits per heavy atom. The van der Waals surface area contributed by atoms with Gasteiger partial charge in [0, 0.05) is 23.2 Å². The van der Waals surface area contributed by atoms with E-state index in [1.54, 1.807) is 11.8 Å². The van der Waals surface area contributed by atoms with Gasteiger partial charge in [-0.3, -0.25) is 0 Å². The highest BCUT2D eigenvalue weighted by molar-refractivity contribution is 8.04. The highest BCUT2D eigenvalue weighted by atomic mass is 32.2. The van der Waals surface area contributed by atoms with Crippen molar-refractivity contribution in [2.75, 3.05) is 0 Å². The van der Waals surface area contributed by atoms with E-state index in [2.05, 4.69) is 17.5 Å². The van der Waals surface area contributed by atoms with E-state index in [9.17, 15) is 0 Å². The monoisotopic (exact) mass is 152 g/mol. The van der Waals surface area contributed by atoms with Gasteiger partial charge in [-0.25, -0.2) is 0 Å². The van der Waals surface area contributed by atoms with Crippen LogP contribution >= 0.6 is 11.8 Å². The molecule has 1 aliphatic heterocycles. The van der Waals surface area contributed by atoms with Gasteiger partial charge in [0.15, 0.2) is 0 Å². The third-order valence-corrected chi connectivity index (χ3v) is 2.75. The Hall–Kier alpha value is -0.700. The summed E-state index contributed by atoms with van der Waals surface area (Å²) in [7, 11) is 0. The quantitative estimate of drug-likeness (QED) is 0.558. The zero-order valence-corrected chi connectivity index (χ0v) is 6.24. The summed E-state index contributed by atoms with van der Waals surface area (Å²) in [6, 6.07) is 0. The van der Waals surface area contributed by atoms with Crippen molar-refractivity contribution < 1.29 is 0 Å². The molecular weight excluding hydrogens is 144 g/mol. The molecule has 2 nitrogen and oxygen atoms in total. The molecule has 0 bridgehead atoms. The summed E-state index contributed by atoms with van der Waals surface area (Å²) < 4.78 is 0. The van der Waals surface area contributed by atoms with E-state index in [4.69, 9.17) is 5.41 Å². The van der Waals surface area contributed by atoms with Gasteiger partial charge in [0.05, 0.1) is 0 Å². The fourth-order valence-corrected chi connectivity index (χ4v) is 2.14. The van der Waals surface area contributed by atoms with E-state index in [1.807, 2.05) is 0 Å². The lowest BCUT2D eigenvalue weighted by molar-refractivity contribution is 0.884. The first kappa shape index (κ1) is 6.04. The summed E-state index contributed by atoms with van der Waals surface area (Å²) in [6.07, 6.45) is 6.73. The van der Waals surface area contributed by atoms with Gasteiger partial charge in [0.2, 0.25) is 0 Å². The second-order valence-electron chi connectivity index (χ2n) is 2.30. The third kappa shape index (κ3) is 0.778. The molecule has 0 saturated carbocycles. The van der Waals surface area contributed by atoms with Crippen molar-refractivity contribution in [3.05, 3.63) is 22.8 Å². The van der Waals surface area contributed by atoms with Crippen molar-refractivity contribution in [2.24, 2.45) is 0 Å². The van der Waals surface area contributed by atoms with Crippen LogP contribution in [0.3, 0.4) is 0 Å². The molecule has 1 unspecified atom stereocenters. The minimum atomic E-state index is 0.190. The molecule has 0 fully saturated rings. The summed E-state index contributed by atoms with van der Waals surface area (Å²) in [5.41, 5.74) is 1.29. The van der Waals surface area contributed by atoms with Crippen LogP contribution in [-0.4, -0.2) is 11.6 Å². The van der Waals surface area contributed by atoms with Crippen molar-refractivity contribution in [1.29, 1.82) is 5.41 Å². The van der Waals surface area contributed by atoms with Crippen LogP contribution in [-0.2, 0) is 0 Å². The maximum absolute atomic E-state index is 7.02. The average Bonchev–Trinajstić information content (AvgIpc) is 2.42. The number of hydrogen-bond acceptors (Lipinski definition) is 3. The Morgan fingerprint density at radius 2 is 2.70 bits per heavy atom. The van der Waals surface area contributed by atoms with Gasteiger partial charge in [-0.15, -0.1) is 0 Å². The number of thioether (sulfide) groups is 1. The van der Waals surface area contributed by atoms with Crippen molar-refractivity contribution >= 4 is 18.0 Å². The van der Waals surface area contributed by atoms with Crippen LogP contribution in [0.5, 0.6) is 0 Å². The van der Waals surface area contributed by atoms with E-state index >= 15 is 0 Å². The van der Waals surface area contributed by atoms with E-state index in [0.29, 0.717) is 0 Å². The Labute approximate surface area is 63.9 Å². The molecule has 2 rings (SSSR count). The van der Waals surface area contributed by atoms with Crippen molar-refractivity contribution in [3.8, 4) is 0 Å². The van der Waals surface area contributed by atoms with Crippen LogP contribution in [0.15, 0.2) is 22.8 Å². The lowest BCUT2D eigenvalue weighted by atomic mass is 10.4. The van der Waals surface area contributed by atoms with Gasteiger partial charge >= 0.3 is 0 Å². The van der Waals surface area contributed by atoms with Crippen LogP contribution in [0, 0.1) is 5.41 Å². The number of allylic oxidation sites excluding steroid dienone is 2. The SMILES string of the molecule is N=CC1NC2=C(C=CC2)S1. The van der Waals surface area contributed by atoms with Crippen LogP contribution in [0.4, 0.5) is 0 Å². The van der Waals surface area contributed by atoms with Crippen molar-refractivity contribution in [2.45, 2.75) is 11.8 Å². The molecule has 1 aliphatic carbocycles. The molecule has 0 amide bonds. The summed E-state index contributed by atoms with van der Waals surface area (Å²) in [6.45, 7) is 0. The second kappa shape index (κ2) is 2.16. The molecule has 0 aromatic carbocycles. The van der Waals surface area contributed by atoms with E-state index in [0.717, 1.165) is 6.42 Å². The number of hydrogen-bond donors (Lipinski definition) is 2. The Bertz CT molecular complexity index is 230. The van der Waals surface area contributed by atoms with Gasteiger partial charge in [0.25, 0.3) is 0 Å². The van der Waals surface area contributed by atoms with Gasteiger partial charge < -0.3 is 10.7 Å². The zero-order chi connectivity index (χ0) is 6.97. The van der Waals surface area contributed by atoms with Gasteiger partial charge in [0.1, 0.15) is 5.37 Å². The smallest absolute Gasteiger partial charge is 0.112 e. The second-order valence-corrected chi connectivity index (χ2v) is 3.48. The summed E-state index contributed by atoms with van der Waals surface area (Å²) in [5.74, 6) is 0. The molecule has 0 aromatic rings. The van der Waals surface area contributed by atoms with Crippen molar-refractivity contribution in [1.82, 2.24) is 5.32 Å². The predicted octanol–water partition coefficient (Wildman–Crippen LogP) is 1.47. The third-order valence-electron chi connectivity index (χ3n) is 1.61. The molecule has 52 valence electrons. The van der Waals surface area contributed by atoms with Crippen LogP contribution in [0.1, 0.15) is 6.42 Å². The standard InChI is InChI=1S/C7H8N2S/c8-4-7-9-5-2-1-3-6(5)10-7/h1,3-4,7-9H,2H2. The summed E-state index contributed by atoms with van der Waals surface area (Å²) >= 11 is 1.72. The number of nitrogens with one attached hydrogen (secondary N) is 2. The fraction of sp³-hybridized carbons (Fsp3) is 0.286. The maximum Gasteiger partial charge on any atom is 0.112 e. The van der Waals surface area contributed by atoms with E-state index in [-0.39, 0.29) is 5.37 Å². The molecule has 0 aromatic heterocycles. The topological polar surface area (TPSA) is 35.9 Å². The predicted molar refractivity (Wildman–Crippen MR) is 44.1 cm³/mol. The number of rotatable bonds is 1. The van der Waals surface area contributed by atoms with Crippen LogP contribution in [0.25, 0.3) is 0 Å².